The number of methoxy groups -OCH3 is 2. The summed E-state index contributed by atoms with van der Waals surface area (Å²) in [6, 6.07) is 12.8. The fraction of sp³-hybridized carbons (Fsp3) is 0.222. The SMILES string of the molecule is COc1cccc(CNC(=S)Nc2ccc(C(C)=O)cc2)c1OC. The van der Waals surface area contributed by atoms with Crippen molar-refractivity contribution < 1.29 is 14.3 Å². The number of hydrogen-bond donors (Lipinski definition) is 2. The van der Waals surface area contributed by atoms with Gasteiger partial charge in [-0.25, -0.2) is 0 Å². The van der Waals surface area contributed by atoms with Crippen LogP contribution in [0.15, 0.2) is 42.5 Å². The third-order valence-electron chi connectivity index (χ3n) is 3.47. The maximum atomic E-state index is 11.3. The molecule has 0 aliphatic rings. The van der Waals surface area contributed by atoms with Gasteiger partial charge in [0.15, 0.2) is 22.4 Å². The summed E-state index contributed by atoms with van der Waals surface area (Å²) in [5, 5.41) is 6.69. The number of carbonyl (C=O) groups is 1. The molecule has 0 saturated carbocycles. The summed E-state index contributed by atoms with van der Waals surface area (Å²) >= 11 is 5.30. The highest BCUT2D eigenvalue weighted by Gasteiger charge is 2.09. The first-order valence-electron chi connectivity index (χ1n) is 7.41. The first-order chi connectivity index (χ1) is 11.5. The van der Waals surface area contributed by atoms with Crippen molar-refractivity contribution in [3.63, 3.8) is 0 Å². The van der Waals surface area contributed by atoms with Gasteiger partial charge in [-0.05, 0) is 49.5 Å². The van der Waals surface area contributed by atoms with Crippen molar-refractivity contribution in [2.24, 2.45) is 0 Å². The number of nitrogens with one attached hydrogen (secondary N) is 2. The van der Waals surface area contributed by atoms with Crippen LogP contribution in [0.4, 0.5) is 5.69 Å². The molecule has 0 aromatic heterocycles. The second-order valence-electron chi connectivity index (χ2n) is 5.09. The molecule has 0 aliphatic carbocycles. The average molecular weight is 344 g/mol. The molecule has 2 aromatic rings. The maximum Gasteiger partial charge on any atom is 0.171 e. The molecule has 0 aliphatic heterocycles. The Kier molecular flexibility index (Phi) is 6.14. The van der Waals surface area contributed by atoms with Crippen LogP contribution in [0.1, 0.15) is 22.8 Å². The molecule has 24 heavy (non-hydrogen) atoms. The molecule has 0 unspecified atom stereocenters. The first-order valence-corrected chi connectivity index (χ1v) is 7.81. The van der Waals surface area contributed by atoms with Crippen LogP contribution in [0.5, 0.6) is 11.5 Å². The summed E-state index contributed by atoms with van der Waals surface area (Å²) in [5.41, 5.74) is 2.42. The molecule has 0 spiro atoms. The molecule has 2 N–H and O–H groups in total. The largest absolute Gasteiger partial charge is 0.493 e. The van der Waals surface area contributed by atoms with Gasteiger partial charge in [0.2, 0.25) is 0 Å². The number of anilines is 1. The lowest BCUT2D eigenvalue weighted by atomic mass is 10.1. The van der Waals surface area contributed by atoms with Crippen LogP contribution in [-0.4, -0.2) is 25.1 Å². The number of para-hydroxylation sites is 1. The van der Waals surface area contributed by atoms with Gasteiger partial charge in [-0.3, -0.25) is 4.79 Å². The van der Waals surface area contributed by atoms with E-state index in [9.17, 15) is 4.79 Å². The molecule has 0 radical (unpaired) electrons. The molecule has 126 valence electrons. The molecular formula is C18H20N2O3S. The quantitative estimate of drug-likeness (QED) is 0.619. The van der Waals surface area contributed by atoms with Crippen molar-refractivity contribution in [1.82, 2.24) is 5.32 Å². The van der Waals surface area contributed by atoms with Crippen LogP contribution in [0.25, 0.3) is 0 Å². The Morgan fingerprint density at radius 2 is 1.79 bits per heavy atom. The zero-order valence-corrected chi connectivity index (χ0v) is 14.7. The van der Waals surface area contributed by atoms with E-state index in [4.69, 9.17) is 21.7 Å². The van der Waals surface area contributed by atoms with E-state index in [1.54, 1.807) is 26.4 Å². The van der Waals surface area contributed by atoms with Crippen LogP contribution < -0.4 is 20.1 Å². The van der Waals surface area contributed by atoms with E-state index in [1.807, 2.05) is 30.3 Å². The van der Waals surface area contributed by atoms with Gasteiger partial charge >= 0.3 is 0 Å². The minimum absolute atomic E-state index is 0.0346. The van der Waals surface area contributed by atoms with E-state index >= 15 is 0 Å². The molecule has 0 atom stereocenters. The Hall–Kier alpha value is -2.60. The van der Waals surface area contributed by atoms with E-state index in [0.717, 1.165) is 11.3 Å². The van der Waals surface area contributed by atoms with Gasteiger partial charge in [-0.15, -0.1) is 0 Å². The van der Waals surface area contributed by atoms with Crippen molar-refractivity contribution in [2.45, 2.75) is 13.5 Å². The summed E-state index contributed by atoms with van der Waals surface area (Å²) < 4.78 is 10.7. The lowest BCUT2D eigenvalue weighted by Gasteiger charge is -2.15. The minimum Gasteiger partial charge on any atom is -0.493 e. The van der Waals surface area contributed by atoms with Crippen LogP contribution in [-0.2, 0) is 6.54 Å². The average Bonchev–Trinajstić information content (AvgIpc) is 2.59. The molecule has 0 amide bonds. The maximum absolute atomic E-state index is 11.3. The lowest BCUT2D eigenvalue weighted by molar-refractivity contribution is 0.101. The number of hydrogen-bond acceptors (Lipinski definition) is 4. The fourth-order valence-corrected chi connectivity index (χ4v) is 2.42. The summed E-state index contributed by atoms with van der Waals surface area (Å²) in [5.74, 6) is 1.39. The first kappa shape index (κ1) is 17.7. The Balaban J connectivity index is 1.97. The van der Waals surface area contributed by atoms with Crippen molar-refractivity contribution in [3.8, 4) is 11.5 Å². The summed E-state index contributed by atoms with van der Waals surface area (Å²) in [4.78, 5) is 11.3. The molecule has 0 fully saturated rings. The number of rotatable bonds is 6. The van der Waals surface area contributed by atoms with Crippen LogP contribution in [0.2, 0.25) is 0 Å². The van der Waals surface area contributed by atoms with Crippen LogP contribution >= 0.6 is 12.2 Å². The number of Topliss-reactive ketones (excluding diaryl/α,β-unsaturated/α-hetero) is 1. The highest BCUT2D eigenvalue weighted by Crippen LogP contribution is 2.30. The standard InChI is InChI=1S/C18H20N2O3S/c1-12(21)13-7-9-15(10-8-13)20-18(24)19-11-14-5-4-6-16(22-2)17(14)23-3/h4-10H,11H2,1-3H3,(H2,19,20,24). The van der Waals surface area contributed by atoms with E-state index in [2.05, 4.69) is 10.6 Å². The summed E-state index contributed by atoms with van der Waals surface area (Å²) in [7, 11) is 3.21. The number of thiocarbonyl (C=S) groups is 1. The fourth-order valence-electron chi connectivity index (χ4n) is 2.23. The molecule has 2 rings (SSSR count). The minimum atomic E-state index is 0.0346. The Morgan fingerprint density at radius 3 is 2.38 bits per heavy atom. The molecule has 0 bridgehead atoms. The monoisotopic (exact) mass is 344 g/mol. The van der Waals surface area contributed by atoms with Gasteiger partial charge in [-0.1, -0.05) is 12.1 Å². The van der Waals surface area contributed by atoms with E-state index in [0.29, 0.717) is 28.7 Å². The van der Waals surface area contributed by atoms with E-state index < -0.39 is 0 Å². The van der Waals surface area contributed by atoms with Gasteiger partial charge in [0.25, 0.3) is 0 Å². The Bertz CT molecular complexity index is 730. The third kappa shape index (κ3) is 4.45. The van der Waals surface area contributed by atoms with Gasteiger partial charge in [0.1, 0.15) is 0 Å². The van der Waals surface area contributed by atoms with Gasteiger partial charge in [0, 0.05) is 23.4 Å². The second kappa shape index (κ2) is 8.31. The Morgan fingerprint density at radius 1 is 1.08 bits per heavy atom. The molecule has 0 saturated heterocycles. The van der Waals surface area contributed by atoms with Gasteiger partial charge < -0.3 is 20.1 Å². The Labute approximate surface area is 147 Å². The number of ether oxygens (including phenoxy) is 2. The van der Waals surface area contributed by atoms with E-state index in [1.165, 1.54) is 6.92 Å². The van der Waals surface area contributed by atoms with Crippen molar-refractivity contribution in [1.29, 1.82) is 0 Å². The normalized spacial score (nSPS) is 9.96. The zero-order valence-electron chi connectivity index (χ0n) is 13.9. The molecule has 2 aromatic carbocycles. The highest BCUT2D eigenvalue weighted by atomic mass is 32.1. The number of carbonyl (C=O) groups excluding carboxylic acids is 1. The molecular weight excluding hydrogens is 324 g/mol. The zero-order chi connectivity index (χ0) is 17.5. The summed E-state index contributed by atoms with van der Waals surface area (Å²) in [6.45, 7) is 2.04. The van der Waals surface area contributed by atoms with Crippen molar-refractivity contribution >= 4 is 28.8 Å². The predicted octanol–water partition coefficient (Wildman–Crippen LogP) is 3.39. The smallest absolute Gasteiger partial charge is 0.171 e. The molecule has 6 heteroatoms. The predicted molar refractivity (Wildman–Crippen MR) is 99.1 cm³/mol. The topological polar surface area (TPSA) is 59.6 Å². The van der Waals surface area contributed by atoms with Crippen LogP contribution in [0.3, 0.4) is 0 Å². The highest BCUT2D eigenvalue weighted by molar-refractivity contribution is 7.80. The van der Waals surface area contributed by atoms with Gasteiger partial charge in [-0.2, -0.15) is 0 Å². The second-order valence-corrected chi connectivity index (χ2v) is 5.50. The van der Waals surface area contributed by atoms with Crippen molar-refractivity contribution in [3.05, 3.63) is 53.6 Å². The number of benzene rings is 2. The summed E-state index contributed by atoms with van der Waals surface area (Å²) in [6.07, 6.45) is 0. The lowest BCUT2D eigenvalue weighted by Crippen LogP contribution is -2.28. The molecule has 5 nitrogen and oxygen atoms in total. The van der Waals surface area contributed by atoms with Crippen molar-refractivity contribution in [2.75, 3.05) is 19.5 Å². The van der Waals surface area contributed by atoms with Gasteiger partial charge in [0.05, 0.1) is 14.2 Å². The molecule has 0 heterocycles. The van der Waals surface area contributed by atoms with Crippen LogP contribution in [0, 0.1) is 0 Å². The third-order valence-corrected chi connectivity index (χ3v) is 3.72. The van der Waals surface area contributed by atoms with E-state index in [-0.39, 0.29) is 5.78 Å². The number of ketones is 1.